The van der Waals surface area contributed by atoms with Crippen LogP contribution in [0.5, 0.6) is 0 Å². The van der Waals surface area contributed by atoms with Gasteiger partial charge in [0, 0.05) is 18.3 Å². The van der Waals surface area contributed by atoms with Gasteiger partial charge in [-0.2, -0.15) is 13.2 Å². The van der Waals surface area contributed by atoms with Gasteiger partial charge in [-0.1, -0.05) is 6.07 Å². The molecule has 118 valence electrons. The highest BCUT2D eigenvalue weighted by Gasteiger charge is 2.32. The zero-order chi connectivity index (χ0) is 16.0. The molecule has 2 amide bonds. The summed E-state index contributed by atoms with van der Waals surface area (Å²) in [7, 11) is 0. The minimum atomic E-state index is -4.45. The molecule has 0 aliphatic heterocycles. The Hall–Kier alpha value is -1.76. The molecule has 21 heavy (non-hydrogen) atoms. The first-order valence-electron chi connectivity index (χ1n) is 6.60. The molecular formula is C14H19F3N2O2. The minimum Gasteiger partial charge on any atom is -0.396 e. The van der Waals surface area contributed by atoms with Crippen LogP contribution in [0.4, 0.5) is 23.7 Å². The number of alkyl halides is 3. The topological polar surface area (TPSA) is 61.4 Å². The van der Waals surface area contributed by atoms with Crippen LogP contribution in [-0.4, -0.2) is 23.8 Å². The Kier molecular flexibility index (Phi) is 6.02. The third-order valence-electron chi connectivity index (χ3n) is 2.97. The Morgan fingerprint density at radius 3 is 2.62 bits per heavy atom. The highest BCUT2D eigenvalue weighted by molar-refractivity contribution is 5.89. The molecule has 0 saturated heterocycles. The fourth-order valence-corrected chi connectivity index (χ4v) is 1.87. The summed E-state index contributed by atoms with van der Waals surface area (Å²) in [5.74, 6) is 0. The molecule has 0 fully saturated rings. The summed E-state index contributed by atoms with van der Waals surface area (Å²) >= 11 is 0. The lowest BCUT2D eigenvalue weighted by molar-refractivity contribution is -0.138. The van der Waals surface area contributed by atoms with Gasteiger partial charge in [0.1, 0.15) is 0 Å². The van der Waals surface area contributed by atoms with Crippen molar-refractivity contribution in [3.63, 3.8) is 0 Å². The summed E-state index contributed by atoms with van der Waals surface area (Å²) in [6.07, 6.45) is -3.32. The SMILES string of the molecule is Cc1ccc(NC(=O)NC(C)CCCO)cc1C(F)(F)F. The van der Waals surface area contributed by atoms with Crippen LogP contribution in [0.2, 0.25) is 0 Å². The van der Waals surface area contributed by atoms with Crippen LogP contribution >= 0.6 is 0 Å². The molecule has 1 unspecified atom stereocenters. The molecule has 1 atom stereocenters. The average molecular weight is 304 g/mol. The number of anilines is 1. The molecule has 0 bridgehead atoms. The molecular weight excluding hydrogens is 285 g/mol. The Morgan fingerprint density at radius 1 is 1.38 bits per heavy atom. The molecule has 3 N–H and O–H groups in total. The number of aliphatic hydroxyl groups excluding tert-OH is 1. The predicted molar refractivity (Wildman–Crippen MR) is 74.1 cm³/mol. The molecule has 1 aromatic rings. The number of nitrogens with one attached hydrogen (secondary N) is 2. The van der Waals surface area contributed by atoms with Crippen molar-refractivity contribution < 1.29 is 23.1 Å². The molecule has 1 rings (SSSR count). The maximum absolute atomic E-state index is 12.8. The van der Waals surface area contributed by atoms with Crippen LogP contribution in [0.1, 0.15) is 30.9 Å². The van der Waals surface area contributed by atoms with E-state index in [1.54, 1.807) is 6.92 Å². The lowest BCUT2D eigenvalue weighted by atomic mass is 10.1. The Bertz CT molecular complexity index is 490. The number of amides is 2. The van der Waals surface area contributed by atoms with Gasteiger partial charge in [0.05, 0.1) is 5.56 Å². The van der Waals surface area contributed by atoms with E-state index in [-0.39, 0.29) is 23.9 Å². The second-order valence-electron chi connectivity index (χ2n) is 4.89. The van der Waals surface area contributed by atoms with E-state index < -0.39 is 17.8 Å². The fourth-order valence-electron chi connectivity index (χ4n) is 1.87. The molecule has 0 radical (unpaired) electrons. The quantitative estimate of drug-likeness (QED) is 0.781. The van der Waals surface area contributed by atoms with Gasteiger partial charge in [0.15, 0.2) is 0 Å². The molecule has 7 heteroatoms. The van der Waals surface area contributed by atoms with Crippen molar-refractivity contribution in [3.05, 3.63) is 29.3 Å². The monoisotopic (exact) mass is 304 g/mol. The van der Waals surface area contributed by atoms with Gasteiger partial charge in [-0.3, -0.25) is 0 Å². The van der Waals surface area contributed by atoms with E-state index >= 15 is 0 Å². The van der Waals surface area contributed by atoms with E-state index in [9.17, 15) is 18.0 Å². The number of carbonyl (C=O) groups excluding carboxylic acids is 1. The first kappa shape index (κ1) is 17.3. The molecule has 0 spiro atoms. The molecule has 0 aliphatic rings. The second kappa shape index (κ2) is 7.31. The molecule has 0 aromatic heterocycles. The normalized spacial score (nSPS) is 12.9. The second-order valence-corrected chi connectivity index (χ2v) is 4.89. The van der Waals surface area contributed by atoms with Crippen molar-refractivity contribution in [2.45, 2.75) is 38.9 Å². The van der Waals surface area contributed by atoms with Gasteiger partial charge in [0.2, 0.25) is 0 Å². The number of hydrogen-bond donors (Lipinski definition) is 3. The zero-order valence-electron chi connectivity index (χ0n) is 11.9. The van der Waals surface area contributed by atoms with Crippen molar-refractivity contribution in [1.82, 2.24) is 5.32 Å². The third-order valence-corrected chi connectivity index (χ3v) is 2.97. The summed E-state index contributed by atoms with van der Waals surface area (Å²) in [6, 6.07) is 2.89. The van der Waals surface area contributed by atoms with E-state index in [2.05, 4.69) is 10.6 Å². The Balaban J connectivity index is 2.69. The maximum Gasteiger partial charge on any atom is 0.416 e. The zero-order valence-corrected chi connectivity index (χ0v) is 11.9. The van der Waals surface area contributed by atoms with Crippen molar-refractivity contribution in [2.75, 3.05) is 11.9 Å². The van der Waals surface area contributed by atoms with Gasteiger partial charge in [0.25, 0.3) is 0 Å². The molecule has 0 saturated carbocycles. The van der Waals surface area contributed by atoms with Crippen LogP contribution in [-0.2, 0) is 6.18 Å². The van der Waals surface area contributed by atoms with Crippen molar-refractivity contribution in [2.24, 2.45) is 0 Å². The number of urea groups is 1. The smallest absolute Gasteiger partial charge is 0.396 e. The van der Waals surface area contributed by atoms with E-state index in [0.717, 1.165) is 6.07 Å². The molecule has 1 aromatic carbocycles. The number of carbonyl (C=O) groups is 1. The average Bonchev–Trinajstić information content (AvgIpc) is 2.37. The first-order valence-corrected chi connectivity index (χ1v) is 6.60. The van der Waals surface area contributed by atoms with E-state index in [0.29, 0.717) is 12.8 Å². The summed E-state index contributed by atoms with van der Waals surface area (Å²) in [5.41, 5.74) is -0.585. The predicted octanol–water partition coefficient (Wildman–Crippen LogP) is 3.30. The summed E-state index contributed by atoms with van der Waals surface area (Å²) in [6.45, 7) is 3.15. The standard InChI is InChI=1S/C14H19F3N2O2/c1-9-5-6-11(8-12(9)14(15,16)17)19-13(21)18-10(2)4-3-7-20/h5-6,8,10,20H,3-4,7H2,1-2H3,(H2,18,19,21). The van der Waals surface area contributed by atoms with E-state index in [1.165, 1.54) is 19.1 Å². The molecule has 0 aliphatic carbocycles. The Morgan fingerprint density at radius 2 is 2.05 bits per heavy atom. The molecule has 4 nitrogen and oxygen atoms in total. The largest absolute Gasteiger partial charge is 0.416 e. The highest BCUT2D eigenvalue weighted by atomic mass is 19.4. The van der Waals surface area contributed by atoms with Crippen LogP contribution < -0.4 is 10.6 Å². The van der Waals surface area contributed by atoms with E-state index in [4.69, 9.17) is 5.11 Å². The van der Waals surface area contributed by atoms with Gasteiger partial charge >= 0.3 is 12.2 Å². The van der Waals surface area contributed by atoms with Crippen LogP contribution in [0.15, 0.2) is 18.2 Å². The number of aliphatic hydroxyl groups is 1. The lowest BCUT2D eigenvalue weighted by Crippen LogP contribution is -2.36. The van der Waals surface area contributed by atoms with Crippen LogP contribution in [0, 0.1) is 6.92 Å². The first-order chi connectivity index (χ1) is 9.74. The van der Waals surface area contributed by atoms with Crippen molar-refractivity contribution in [1.29, 1.82) is 0 Å². The Labute approximate surface area is 121 Å². The number of hydrogen-bond acceptors (Lipinski definition) is 2. The van der Waals surface area contributed by atoms with Crippen LogP contribution in [0.25, 0.3) is 0 Å². The number of rotatable bonds is 5. The highest BCUT2D eigenvalue weighted by Crippen LogP contribution is 2.33. The van der Waals surface area contributed by atoms with Crippen LogP contribution in [0.3, 0.4) is 0 Å². The van der Waals surface area contributed by atoms with Gasteiger partial charge in [-0.25, -0.2) is 4.79 Å². The van der Waals surface area contributed by atoms with E-state index in [1.807, 2.05) is 0 Å². The number of benzene rings is 1. The van der Waals surface area contributed by atoms with Gasteiger partial charge in [-0.15, -0.1) is 0 Å². The molecule has 0 heterocycles. The van der Waals surface area contributed by atoms with Gasteiger partial charge in [-0.05, 0) is 44.4 Å². The van der Waals surface area contributed by atoms with Gasteiger partial charge < -0.3 is 15.7 Å². The minimum absolute atomic E-state index is 0.0283. The summed E-state index contributed by atoms with van der Waals surface area (Å²) in [4.78, 5) is 11.7. The lowest BCUT2D eigenvalue weighted by Gasteiger charge is -2.16. The number of halogens is 3. The summed E-state index contributed by atoms with van der Waals surface area (Å²) < 4.78 is 38.3. The maximum atomic E-state index is 12.8. The van der Waals surface area contributed by atoms with Crippen molar-refractivity contribution >= 4 is 11.7 Å². The third kappa shape index (κ3) is 5.63. The summed E-state index contributed by atoms with van der Waals surface area (Å²) in [5, 5.41) is 13.7. The number of aryl methyl sites for hydroxylation is 1. The van der Waals surface area contributed by atoms with Crippen molar-refractivity contribution in [3.8, 4) is 0 Å². The fraction of sp³-hybridized carbons (Fsp3) is 0.500.